The molecule has 9 aromatic carbocycles. The second-order valence-electron chi connectivity index (χ2n) is 13.3. The lowest BCUT2D eigenvalue weighted by molar-refractivity contribution is 0.487. The van der Waals surface area contributed by atoms with Gasteiger partial charge in [-0.15, -0.1) is 0 Å². The maximum atomic E-state index is 6.43. The van der Waals surface area contributed by atoms with E-state index in [0.717, 1.165) is 22.7 Å². The molecular weight excluding hydrogens is 607 g/mol. The summed E-state index contributed by atoms with van der Waals surface area (Å²) < 4.78 is 8.92. The third kappa shape index (κ3) is 3.90. The van der Waals surface area contributed by atoms with Crippen LogP contribution >= 0.6 is 0 Å². The number of hydrogen-bond acceptors (Lipinski definition) is 1. The summed E-state index contributed by atoms with van der Waals surface area (Å²) in [4.78, 5) is 0. The van der Waals surface area contributed by atoms with Crippen molar-refractivity contribution in [3.63, 3.8) is 0 Å². The van der Waals surface area contributed by atoms with Crippen molar-refractivity contribution in [2.75, 3.05) is 0 Å². The van der Waals surface area contributed by atoms with Gasteiger partial charge in [-0.2, -0.15) is 0 Å². The number of ether oxygens (including phenoxy) is 1. The zero-order chi connectivity index (χ0) is 32.8. The molecule has 0 bridgehead atoms. The van der Waals surface area contributed by atoms with Crippen molar-refractivity contribution in [2.24, 2.45) is 0 Å². The Morgan fingerprint density at radius 2 is 1.04 bits per heavy atom. The van der Waals surface area contributed by atoms with Crippen LogP contribution in [0.4, 0.5) is 0 Å². The molecule has 0 spiro atoms. The molecule has 2 heteroatoms. The van der Waals surface area contributed by atoms with Crippen LogP contribution < -0.4 is 4.74 Å². The van der Waals surface area contributed by atoms with Gasteiger partial charge < -0.3 is 9.30 Å². The number of benzene rings is 9. The minimum absolute atomic E-state index is 0.897. The van der Waals surface area contributed by atoms with Crippen LogP contribution in [0.3, 0.4) is 0 Å². The molecule has 0 saturated heterocycles. The van der Waals surface area contributed by atoms with E-state index in [1.165, 1.54) is 81.9 Å². The van der Waals surface area contributed by atoms with Crippen LogP contribution in [0, 0.1) is 0 Å². The monoisotopic (exact) mass is 635 g/mol. The minimum Gasteiger partial charge on any atom is -0.456 e. The lowest BCUT2D eigenvalue weighted by Gasteiger charge is -2.22. The molecule has 0 N–H and O–H groups in total. The first-order valence-corrected chi connectivity index (χ1v) is 17.2. The summed E-state index contributed by atoms with van der Waals surface area (Å²) in [7, 11) is 0. The first-order valence-electron chi connectivity index (χ1n) is 17.2. The van der Waals surface area contributed by atoms with Gasteiger partial charge in [0.15, 0.2) is 0 Å². The highest BCUT2D eigenvalue weighted by Crippen LogP contribution is 2.48. The van der Waals surface area contributed by atoms with Crippen molar-refractivity contribution in [3.8, 4) is 50.6 Å². The molecule has 0 saturated carbocycles. The molecule has 0 unspecified atom stereocenters. The Kier molecular flexibility index (Phi) is 5.70. The maximum absolute atomic E-state index is 6.43. The Hall–Kier alpha value is -6.64. The summed E-state index contributed by atoms with van der Waals surface area (Å²) in [5.74, 6) is 1.82. The average molecular weight is 636 g/mol. The molecule has 1 aliphatic heterocycles. The van der Waals surface area contributed by atoms with Crippen LogP contribution in [0.25, 0.3) is 93.2 Å². The highest BCUT2D eigenvalue weighted by Gasteiger charge is 2.23. The van der Waals surface area contributed by atoms with Crippen molar-refractivity contribution < 1.29 is 4.74 Å². The molecule has 10 aromatic rings. The molecule has 0 atom stereocenters. The number of nitrogens with zero attached hydrogens (tertiary/aromatic N) is 1. The summed E-state index contributed by atoms with van der Waals surface area (Å²) in [5.41, 5.74) is 10.7. The molecule has 2 heterocycles. The largest absolute Gasteiger partial charge is 0.456 e. The van der Waals surface area contributed by atoms with Crippen LogP contribution in [0.1, 0.15) is 0 Å². The summed E-state index contributed by atoms with van der Waals surface area (Å²) in [6.07, 6.45) is 0. The fourth-order valence-electron chi connectivity index (χ4n) is 8.32. The molecule has 0 fully saturated rings. The fraction of sp³-hybridized carbons (Fsp3) is 0. The van der Waals surface area contributed by atoms with Gasteiger partial charge in [0.25, 0.3) is 0 Å². The van der Waals surface area contributed by atoms with Crippen LogP contribution in [0.15, 0.2) is 176 Å². The minimum atomic E-state index is 0.897. The summed E-state index contributed by atoms with van der Waals surface area (Å²) in [5, 5.41) is 9.86. The predicted molar refractivity (Wildman–Crippen MR) is 210 cm³/mol. The number of para-hydroxylation sites is 1. The van der Waals surface area contributed by atoms with Crippen molar-refractivity contribution in [2.45, 2.75) is 0 Å². The highest BCUT2D eigenvalue weighted by atomic mass is 16.5. The van der Waals surface area contributed by atoms with Gasteiger partial charge >= 0.3 is 0 Å². The molecular formula is C48H29NO. The van der Waals surface area contributed by atoms with E-state index in [2.05, 4.69) is 180 Å². The molecule has 0 radical (unpaired) electrons. The third-order valence-corrected chi connectivity index (χ3v) is 10.5. The molecule has 2 nitrogen and oxygen atoms in total. The van der Waals surface area contributed by atoms with E-state index in [9.17, 15) is 0 Å². The molecule has 1 aliphatic rings. The number of aromatic nitrogens is 1. The summed E-state index contributed by atoms with van der Waals surface area (Å²) >= 11 is 0. The van der Waals surface area contributed by atoms with Gasteiger partial charge in [0.05, 0.1) is 11.0 Å². The first kappa shape index (κ1) is 27.3. The van der Waals surface area contributed by atoms with E-state index in [0.29, 0.717) is 0 Å². The fourth-order valence-corrected chi connectivity index (χ4v) is 8.32. The Labute approximate surface area is 289 Å². The zero-order valence-electron chi connectivity index (χ0n) is 27.1. The molecule has 0 aliphatic carbocycles. The highest BCUT2D eigenvalue weighted by molar-refractivity contribution is 6.28. The topological polar surface area (TPSA) is 14.2 Å². The molecule has 50 heavy (non-hydrogen) atoms. The van der Waals surface area contributed by atoms with Crippen molar-refractivity contribution in [3.05, 3.63) is 176 Å². The Balaban J connectivity index is 1.18. The Morgan fingerprint density at radius 1 is 0.340 bits per heavy atom. The quantitative estimate of drug-likeness (QED) is 0.188. The third-order valence-electron chi connectivity index (χ3n) is 10.5. The van der Waals surface area contributed by atoms with Gasteiger partial charge in [0.1, 0.15) is 11.5 Å². The van der Waals surface area contributed by atoms with Gasteiger partial charge in [-0.1, -0.05) is 133 Å². The summed E-state index contributed by atoms with van der Waals surface area (Å²) in [6.45, 7) is 0. The smallest absolute Gasteiger partial charge is 0.135 e. The number of fused-ring (bicyclic) bond motifs is 9. The number of rotatable bonds is 3. The second-order valence-corrected chi connectivity index (χ2v) is 13.3. The van der Waals surface area contributed by atoms with Crippen LogP contribution in [0.2, 0.25) is 0 Å². The van der Waals surface area contributed by atoms with Crippen molar-refractivity contribution in [1.82, 2.24) is 4.57 Å². The number of hydrogen-bond donors (Lipinski definition) is 0. The van der Waals surface area contributed by atoms with E-state index in [-0.39, 0.29) is 0 Å². The normalized spacial score (nSPS) is 12.2. The second kappa shape index (κ2) is 10.4. The standard InChI is InChI=1S/C48H29NO/c1-2-17-36(18-3-1)49-47-37-19-6-4-11-30(37)23-25-40(47)46-41(29-35-12-5-7-20-38(35)48(46)49)34-16-8-15-32(27-34)33-24-26-43-42(28-33)39-21-9-13-31-14-10-22-44(50-43)45(31)39/h1-29H. The average Bonchev–Trinajstić information content (AvgIpc) is 3.54. The van der Waals surface area contributed by atoms with Crippen LogP contribution in [-0.4, -0.2) is 4.57 Å². The molecule has 11 rings (SSSR count). The first-order chi connectivity index (χ1) is 24.8. The van der Waals surface area contributed by atoms with E-state index < -0.39 is 0 Å². The SMILES string of the molecule is c1ccc(-n2c3c4ccccc4ccc3c3c(-c4cccc(-c5ccc6c(c5)-c5cccc7cccc(c57)O6)c4)cc4ccccc4c32)cc1. The molecule has 0 amide bonds. The van der Waals surface area contributed by atoms with E-state index in [1.54, 1.807) is 0 Å². The zero-order valence-corrected chi connectivity index (χ0v) is 27.1. The predicted octanol–water partition coefficient (Wildman–Crippen LogP) is 13.3. The van der Waals surface area contributed by atoms with Gasteiger partial charge in [0, 0.05) is 38.2 Å². The van der Waals surface area contributed by atoms with Crippen molar-refractivity contribution >= 4 is 54.1 Å². The van der Waals surface area contributed by atoms with Crippen LogP contribution in [0.5, 0.6) is 11.5 Å². The maximum Gasteiger partial charge on any atom is 0.135 e. The Morgan fingerprint density at radius 3 is 1.92 bits per heavy atom. The van der Waals surface area contributed by atoms with Crippen molar-refractivity contribution in [1.29, 1.82) is 0 Å². The van der Waals surface area contributed by atoms with E-state index in [1.807, 2.05) is 0 Å². The molecule has 1 aromatic heterocycles. The van der Waals surface area contributed by atoms with Crippen LogP contribution in [-0.2, 0) is 0 Å². The van der Waals surface area contributed by atoms with E-state index >= 15 is 0 Å². The molecule has 232 valence electrons. The summed E-state index contributed by atoms with van der Waals surface area (Å²) in [6, 6.07) is 63.8. The van der Waals surface area contributed by atoms with Gasteiger partial charge in [0.2, 0.25) is 0 Å². The lowest BCUT2D eigenvalue weighted by atomic mass is 9.90. The Bertz CT molecular complexity index is 3000. The van der Waals surface area contributed by atoms with E-state index in [4.69, 9.17) is 4.74 Å². The lowest BCUT2D eigenvalue weighted by Crippen LogP contribution is -1.97. The van der Waals surface area contributed by atoms with Gasteiger partial charge in [-0.3, -0.25) is 0 Å². The van der Waals surface area contributed by atoms with Gasteiger partial charge in [-0.25, -0.2) is 0 Å². The van der Waals surface area contributed by atoms with Gasteiger partial charge in [-0.05, 0) is 86.4 Å².